The number of hydrogen-bond acceptors (Lipinski definition) is 8. The number of nitrogen functional groups attached to an aromatic ring is 1. The van der Waals surface area contributed by atoms with Gasteiger partial charge < -0.3 is 15.2 Å². The Balaban J connectivity index is 1.42. The molecule has 0 bridgehead atoms. The molecule has 1 spiro atoms. The number of pyridine rings is 1. The third kappa shape index (κ3) is 4.80. The Kier molecular flexibility index (Phi) is 7.22. The van der Waals surface area contributed by atoms with E-state index in [0.717, 1.165) is 19.3 Å². The molecule has 8 nitrogen and oxygen atoms in total. The number of nitrogens with one attached hydrogen (secondary N) is 1. The molecule has 2 aromatic heterocycles. The largest absolute Gasteiger partial charge is 0.598 e. The zero-order chi connectivity index (χ0) is 27.2. The number of fused-ring (bicyclic) bond motifs is 1. The highest BCUT2D eigenvalue weighted by Gasteiger charge is 2.50. The first-order chi connectivity index (χ1) is 18.0. The maximum atomic E-state index is 13.1. The Bertz CT molecular complexity index is 1410. The number of rotatable bonds is 4. The molecule has 11 heteroatoms. The van der Waals surface area contributed by atoms with E-state index in [1.54, 1.807) is 24.4 Å². The lowest BCUT2D eigenvalue weighted by Gasteiger charge is -2.43. The number of nitrogens with zero attached hydrogens (tertiary/aromatic N) is 5. The summed E-state index contributed by atoms with van der Waals surface area (Å²) in [5.41, 5.74) is 9.67. The highest BCUT2D eigenvalue weighted by atomic mass is 35.5. The van der Waals surface area contributed by atoms with Crippen molar-refractivity contribution < 1.29 is 4.55 Å². The third-order valence-corrected chi connectivity index (χ3v) is 9.86. The molecule has 3 N–H and O–H groups in total. The van der Waals surface area contributed by atoms with Gasteiger partial charge in [-0.05, 0) is 63.3 Å². The fourth-order valence-corrected chi connectivity index (χ4v) is 6.76. The van der Waals surface area contributed by atoms with E-state index in [4.69, 9.17) is 28.9 Å². The smallest absolute Gasteiger partial charge is 0.228 e. The highest BCUT2D eigenvalue weighted by molar-refractivity contribution is 7.90. The van der Waals surface area contributed by atoms with Crippen molar-refractivity contribution in [3.63, 3.8) is 0 Å². The fraction of sp³-hybridized carbons (Fsp3) is 0.407. The summed E-state index contributed by atoms with van der Waals surface area (Å²) >= 11 is 11.4. The van der Waals surface area contributed by atoms with Crippen molar-refractivity contribution in [2.75, 3.05) is 23.7 Å². The van der Waals surface area contributed by atoms with E-state index >= 15 is 0 Å². The standard InChI is InChI=1S/C27H29Cl2N7OS/c1-26(2,3)38(37)35-23-17-7-10-32-15-16(17)13-27(23)8-11-36(12-9-27)25-33-20(14-30)21(24(31)34-25)18-5-4-6-19(28)22(18)29/h4-7,10,15,23,35H,8-9,11-13H2,1-3H3,(H2,31,33,34)/t23-,38?/m1/s1. The Morgan fingerprint density at radius 2 is 1.95 bits per heavy atom. The molecule has 1 fully saturated rings. The van der Waals surface area contributed by atoms with Crippen molar-refractivity contribution in [2.24, 2.45) is 5.41 Å². The van der Waals surface area contributed by atoms with Gasteiger partial charge in [0.15, 0.2) is 5.69 Å². The maximum Gasteiger partial charge on any atom is 0.228 e. The normalized spacial score (nSPS) is 19.3. The molecule has 3 aromatic rings. The van der Waals surface area contributed by atoms with Crippen LogP contribution in [0.4, 0.5) is 11.8 Å². The Hall–Kier alpha value is -2.61. The van der Waals surface area contributed by atoms with Crippen molar-refractivity contribution in [3.05, 3.63) is 63.5 Å². The second-order valence-corrected chi connectivity index (χ2v) is 13.7. The van der Waals surface area contributed by atoms with Gasteiger partial charge in [-0.15, -0.1) is 4.72 Å². The van der Waals surface area contributed by atoms with E-state index in [-0.39, 0.29) is 27.7 Å². The summed E-state index contributed by atoms with van der Waals surface area (Å²) in [6, 6.07) is 9.31. The molecule has 1 saturated heterocycles. The predicted octanol–water partition coefficient (Wildman–Crippen LogP) is 5.24. The molecule has 1 unspecified atom stereocenters. The molecular weight excluding hydrogens is 541 g/mol. The van der Waals surface area contributed by atoms with E-state index in [1.807, 2.05) is 33.0 Å². The fourth-order valence-electron chi connectivity index (χ4n) is 5.42. The van der Waals surface area contributed by atoms with Crippen molar-refractivity contribution in [3.8, 4) is 17.2 Å². The minimum Gasteiger partial charge on any atom is -0.598 e. The summed E-state index contributed by atoms with van der Waals surface area (Å²) in [5, 5.41) is 10.6. The zero-order valence-electron chi connectivity index (χ0n) is 21.5. The zero-order valence-corrected chi connectivity index (χ0v) is 23.8. The number of nitrogens with two attached hydrogens (primary N) is 1. The van der Waals surface area contributed by atoms with Gasteiger partial charge in [0, 0.05) is 47.8 Å². The van der Waals surface area contributed by atoms with Gasteiger partial charge in [-0.2, -0.15) is 10.2 Å². The van der Waals surface area contributed by atoms with Crippen molar-refractivity contribution >= 4 is 46.3 Å². The lowest BCUT2D eigenvalue weighted by molar-refractivity contribution is 0.175. The molecule has 1 aliphatic carbocycles. The number of hydrogen-bond donors (Lipinski definition) is 2. The van der Waals surface area contributed by atoms with E-state index in [1.165, 1.54) is 11.1 Å². The third-order valence-electron chi connectivity index (χ3n) is 7.48. The first kappa shape index (κ1) is 27.0. The molecule has 1 aliphatic heterocycles. The first-order valence-electron chi connectivity index (χ1n) is 12.4. The summed E-state index contributed by atoms with van der Waals surface area (Å²) in [6.45, 7) is 7.26. The number of nitriles is 1. The molecule has 0 amide bonds. The molecule has 1 aromatic carbocycles. The van der Waals surface area contributed by atoms with Crippen LogP contribution < -0.4 is 15.4 Å². The average Bonchev–Trinajstić information content (AvgIpc) is 3.17. The maximum absolute atomic E-state index is 13.1. The summed E-state index contributed by atoms with van der Waals surface area (Å²) < 4.78 is 16.2. The monoisotopic (exact) mass is 569 g/mol. The van der Waals surface area contributed by atoms with Gasteiger partial charge in [0.1, 0.15) is 16.6 Å². The van der Waals surface area contributed by atoms with Crippen molar-refractivity contribution in [1.82, 2.24) is 19.7 Å². The second-order valence-electron chi connectivity index (χ2n) is 10.9. The Labute approximate surface area is 235 Å². The quantitative estimate of drug-likeness (QED) is 0.408. The lowest BCUT2D eigenvalue weighted by atomic mass is 9.73. The van der Waals surface area contributed by atoms with Crippen LogP contribution in [0, 0.1) is 16.7 Å². The minimum atomic E-state index is -1.22. The number of benzene rings is 1. The van der Waals surface area contributed by atoms with Crippen LogP contribution in [0.25, 0.3) is 11.1 Å². The van der Waals surface area contributed by atoms with Crippen LogP contribution in [-0.2, 0) is 17.8 Å². The van der Waals surface area contributed by atoms with Gasteiger partial charge in [-0.1, -0.05) is 35.3 Å². The van der Waals surface area contributed by atoms with Crippen molar-refractivity contribution in [1.29, 1.82) is 5.26 Å². The van der Waals surface area contributed by atoms with Gasteiger partial charge in [0.05, 0.1) is 21.7 Å². The first-order valence-corrected chi connectivity index (χ1v) is 14.3. The lowest BCUT2D eigenvalue weighted by Crippen LogP contribution is -2.50. The SMILES string of the molecule is CC(C)(C)[S+]([O-])N[C@@H]1c2ccncc2CC12CCN(c1nc(N)c(-c3cccc(Cl)c3Cl)c(C#N)n1)CC2. The van der Waals surface area contributed by atoms with E-state index in [9.17, 15) is 9.81 Å². The molecule has 2 aliphatic rings. The number of aromatic nitrogens is 3. The molecular formula is C27H29Cl2N7OS. The molecule has 5 rings (SSSR count). The topological polar surface area (TPSA) is 127 Å². The summed E-state index contributed by atoms with van der Waals surface area (Å²) in [4.78, 5) is 15.5. The number of halogens is 2. The molecule has 38 heavy (non-hydrogen) atoms. The van der Waals surface area contributed by atoms with Crippen LogP contribution >= 0.6 is 23.2 Å². The van der Waals surface area contributed by atoms with Gasteiger partial charge in [-0.3, -0.25) is 4.98 Å². The van der Waals surface area contributed by atoms with Crippen molar-refractivity contribution in [2.45, 2.75) is 50.8 Å². The van der Waals surface area contributed by atoms with Crippen LogP contribution in [0.5, 0.6) is 0 Å². The van der Waals surface area contributed by atoms with Gasteiger partial charge >= 0.3 is 0 Å². The molecule has 198 valence electrons. The summed E-state index contributed by atoms with van der Waals surface area (Å²) in [5.74, 6) is 0.589. The second kappa shape index (κ2) is 10.2. The van der Waals surface area contributed by atoms with E-state index in [0.29, 0.717) is 40.2 Å². The minimum absolute atomic E-state index is 0.0456. The number of anilines is 2. The molecule has 0 saturated carbocycles. The Morgan fingerprint density at radius 1 is 1.21 bits per heavy atom. The van der Waals surface area contributed by atoms with E-state index < -0.39 is 11.4 Å². The van der Waals surface area contributed by atoms with Crippen LogP contribution in [0.1, 0.15) is 56.5 Å². The van der Waals surface area contributed by atoms with Crippen LogP contribution in [0.15, 0.2) is 36.7 Å². The highest BCUT2D eigenvalue weighted by Crippen LogP contribution is 2.52. The Morgan fingerprint density at radius 3 is 2.63 bits per heavy atom. The van der Waals surface area contributed by atoms with E-state index in [2.05, 4.69) is 30.6 Å². The summed E-state index contributed by atoms with van der Waals surface area (Å²) in [7, 11) is 0. The van der Waals surface area contributed by atoms with Crippen LogP contribution in [0.2, 0.25) is 10.0 Å². The molecule has 2 atom stereocenters. The molecule has 0 radical (unpaired) electrons. The van der Waals surface area contributed by atoms with Gasteiger partial charge in [0.2, 0.25) is 5.95 Å². The van der Waals surface area contributed by atoms with Gasteiger partial charge in [0.25, 0.3) is 0 Å². The van der Waals surface area contributed by atoms with Crippen LogP contribution in [-0.4, -0.2) is 37.3 Å². The predicted molar refractivity (Wildman–Crippen MR) is 152 cm³/mol. The average molecular weight is 571 g/mol. The summed E-state index contributed by atoms with van der Waals surface area (Å²) in [6.07, 6.45) is 6.24. The number of piperidine rings is 1. The van der Waals surface area contributed by atoms with Gasteiger partial charge in [-0.25, -0.2) is 4.98 Å². The molecule has 3 heterocycles. The van der Waals surface area contributed by atoms with Crippen LogP contribution in [0.3, 0.4) is 0 Å².